The van der Waals surface area contributed by atoms with Gasteiger partial charge in [0.05, 0.1) is 18.6 Å². The number of methoxy groups -OCH3 is 1. The van der Waals surface area contributed by atoms with E-state index in [4.69, 9.17) is 4.74 Å². The summed E-state index contributed by atoms with van der Waals surface area (Å²) >= 11 is 0.865. The molecule has 4 rings (SSSR count). The second-order valence-corrected chi connectivity index (χ2v) is 7.26. The molecule has 1 saturated heterocycles. The van der Waals surface area contributed by atoms with Gasteiger partial charge in [-0.1, -0.05) is 48.5 Å². The first kappa shape index (κ1) is 18.3. The Balaban J connectivity index is 1.68. The van der Waals surface area contributed by atoms with Crippen molar-refractivity contribution in [3.05, 3.63) is 82.5 Å². The van der Waals surface area contributed by atoms with Crippen LogP contribution in [0.15, 0.2) is 65.6 Å². The summed E-state index contributed by atoms with van der Waals surface area (Å²) < 4.78 is 19.3. The van der Waals surface area contributed by atoms with E-state index in [9.17, 15) is 14.0 Å². The third-order valence-electron chi connectivity index (χ3n) is 4.58. The largest absolute Gasteiger partial charge is 0.496 e. The van der Waals surface area contributed by atoms with Gasteiger partial charge in [-0.05, 0) is 40.9 Å². The highest BCUT2D eigenvalue weighted by Gasteiger charge is 2.35. The van der Waals surface area contributed by atoms with Gasteiger partial charge in [0.1, 0.15) is 11.6 Å². The summed E-state index contributed by atoms with van der Waals surface area (Å²) in [4.78, 5) is 26.5. The van der Waals surface area contributed by atoms with E-state index in [0.717, 1.165) is 38.7 Å². The Morgan fingerprint density at radius 1 is 1.00 bits per heavy atom. The quantitative estimate of drug-likeness (QED) is 0.570. The summed E-state index contributed by atoms with van der Waals surface area (Å²) in [6, 6.07) is 17.5. The predicted octanol–water partition coefficient (Wildman–Crippen LogP) is 5.22. The lowest BCUT2D eigenvalue weighted by Crippen LogP contribution is -2.27. The molecule has 0 aromatic heterocycles. The molecule has 0 atom stereocenters. The van der Waals surface area contributed by atoms with Crippen LogP contribution >= 0.6 is 11.8 Å². The van der Waals surface area contributed by atoms with Crippen LogP contribution in [0.3, 0.4) is 0 Å². The SMILES string of the molecule is COc1ccc(/C=C2/SC(=O)N(Cc3ccccc3F)C2=O)c2ccccc12. The molecule has 4 nitrogen and oxygen atoms in total. The van der Waals surface area contributed by atoms with E-state index in [1.807, 2.05) is 36.4 Å². The van der Waals surface area contributed by atoms with Crippen LogP contribution in [0.5, 0.6) is 5.75 Å². The summed E-state index contributed by atoms with van der Waals surface area (Å²) in [5, 5.41) is 1.43. The van der Waals surface area contributed by atoms with Crippen LogP contribution in [0.2, 0.25) is 0 Å². The molecule has 1 aliphatic rings. The number of nitrogens with zero attached hydrogens (tertiary/aromatic N) is 1. The Hall–Kier alpha value is -3.12. The van der Waals surface area contributed by atoms with E-state index >= 15 is 0 Å². The van der Waals surface area contributed by atoms with Crippen molar-refractivity contribution in [2.75, 3.05) is 7.11 Å². The first-order valence-electron chi connectivity index (χ1n) is 8.63. The lowest BCUT2D eigenvalue weighted by Gasteiger charge is -2.13. The number of thioether (sulfide) groups is 1. The van der Waals surface area contributed by atoms with E-state index in [-0.39, 0.29) is 6.54 Å². The van der Waals surface area contributed by atoms with E-state index in [2.05, 4.69) is 0 Å². The average molecular weight is 393 g/mol. The van der Waals surface area contributed by atoms with Gasteiger partial charge in [-0.2, -0.15) is 0 Å². The molecule has 1 aliphatic heterocycles. The monoisotopic (exact) mass is 393 g/mol. The van der Waals surface area contributed by atoms with Crippen molar-refractivity contribution in [2.24, 2.45) is 0 Å². The van der Waals surface area contributed by atoms with Crippen LogP contribution in [0.4, 0.5) is 9.18 Å². The van der Waals surface area contributed by atoms with Crippen LogP contribution in [-0.4, -0.2) is 23.2 Å². The van der Waals surface area contributed by atoms with Crippen LogP contribution < -0.4 is 4.74 Å². The Bertz CT molecular complexity index is 1130. The van der Waals surface area contributed by atoms with Gasteiger partial charge in [0, 0.05) is 10.9 Å². The number of benzene rings is 3. The Morgan fingerprint density at radius 2 is 1.71 bits per heavy atom. The molecule has 0 unspecified atom stereocenters. The van der Waals surface area contributed by atoms with E-state index < -0.39 is 17.0 Å². The Labute approximate surface area is 165 Å². The molecule has 3 aromatic carbocycles. The van der Waals surface area contributed by atoms with E-state index in [1.165, 1.54) is 6.07 Å². The molecule has 0 spiro atoms. The molecule has 1 fully saturated rings. The molecular weight excluding hydrogens is 377 g/mol. The van der Waals surface area contributed by atoms with Gasteiger partial charge in [0.25, 0.3) is 11.1 Å². The molecular formula is C22H16FNO3S. The van der Waals surface area contributed by atoms with Gasteiger partial charge in [-0.15, -0.1) is 0 Å². The molecule has 0 saturated carbocycles. The lowest BCUT2D eigenvalue weighted by molar-refractivity contribution is -0.123. The molecule has 0 bridgehead atoms. The van der Waals surface area contributed by atoms with Gasteiger partial charge in [-0.3, -0.25) is 14.5 Å². The molecule has 0 N–H and O–H groups in total. The maximum absolute atomic E-state index is 13.9. The van der Waals surface area contributed by atoms with E-state index in [0.29, 0.717) is 10.5 Å². The minimum atomic E-state index is -0.438. The van der Waals surface area contributed by atoms with Crippen molar-refractivity contribution in [1.29, 1.82) is 0 Å². The lowest BCUT2D eigenvalue weighted by atomic mass is 10.0. The Kier molecular flexibility index (Phi) is 4.88. The maximum atomic E-state index is 13.9. The molecule has 3 aromatic rings. The predicted molar refractivity (Wildman–Crippen MR) is 108 cm³/mol. The highest BCUT2D eigenvalue weighted by atomic mass is 32.2. The minimum Gasteiger partial charge on any atom is -0.496 e. The summed E-state index contributed by atoms with van der Waals surface area (Å²) in [7, 11) is 1.61. The fraction of sp³-hybridized carbons (Fsp3) is 0.0909. The zero-order chi connectivity index (χ0) is 19.7. The standard InChI is InChI=1S/C22H16FNO3S/c1-27-19-11-10-14(16-7-3-4-8-17(16)19)12-20-21(25)24(22(26)28-20)13-15-6-2-5-9-18(15)23/h2-12H,13H2,1H3/b20-12+. The summed E-state index contributed by atoms with van der Waals surface area (Å²) in [6.45, 7) is -0.0853. The van der Waals surface area contributed by atoms with Crippen molar-refractivity contribution in [1.82, 2.24) is 4.90 Å². The maximum Gasteiger partial charge on any atom is 0.293 e. The highest BCUT2D eigenvalue weighted by Crippen LogP contribution is 2.36. The number of imide groups is 1. The topological polar surface area (TPSA) is 46.6 Å². The van der Waals surface area contributed by atoms with Crippen molar-refractivity contribution >= 4 is 39.8 Å². The average Bonchev–Trinajstić information content (AvgIpc) is 2.97. The van der Waals surface area contributed by atoms with Crippen LogP contribution in [0.1, 0.15) is 11.1 Å². The first-order valence-corrected chi connectivity index (χ1v) is 9.44. The third-order valence-corrected chi connectivity index (χ3v) is 5.49. The van der Waals surface area contributed by atoms with Gasteiger partial charge in [-0.25, -0.2) is 4.39 Å². The zero-order valence-corrected chi connectivity index (χ0v) is 15.8. The summed E-state index contributed by atoms with van der Waals surface area (Å²) in [5.74, 6) is -0.120. The summed E-state index contributed by atoms with van der Waals surface area (Å²) in [6.07, 6.45) is 1.70. The van der Waals surface area contributed by atoms with Crippen molar-refractivity contribution in [3.63, 3.8) is 0 Å². The fourth-order valence-corrected chi connectivity index (χ4v) is 4.00. The number of hydrogen-bond donors (Lipinski definition) is 0. The van der Waals surface area contributed by atoms with Gasteiger partial charge >= 0.3 is 0 Å². The second-order valence-electron chi connectivity index (χ2n) is 6.26. The number of carbonyl (C=O) groups is 2. The van der Waals surface area contributed by atoms with Crippen molar-refractivity contribution in [3.8, 4) is 5.75 Å². The molecule has 1 heterocycles. The van der Waals surface area contributed by atoms with Gasteiger partial charge < -0.3 is 4.74 Å². The Morgan fingerprint density at radius 3 is 2.46 bits per heavy atom. The van der Waals surface area contributed by atoms with Crippen LogP contribution in [0.25, 0.3) is 16.8 Å². The highest BCUT2D eigenvalue weighted by molar-refractivity contribution is 8.18. The van der Waals surface area contributed by atoms with Gasteiger partial charge in [0.2, 0.25) is 0 Å². The number of fused-ring (bicyclic) bond motifs is 1. The number of ether oxygens (including phenoxy) is 1. The second kappa shape index (κ2) is 7.48. The van der Waals surface area contributed by atoms with E-state index in [1.54, 1.807) is 31.4 Å². The minimum absolute atomic E-state index is 0.0853. The number of hydrogen-bond acceptors (Lipinski definition) is 4. The van der Waals surface area contributed by atoms with Crippen LogP contribution in [0, 0.1) is 5.82 Å². The third kappa shape index (κ3) is 3.27. The molecule has 0 aliphatic carbocycles. The van der Waals surface area contributed by atoms with Crippen molar-refractivity contribution in [2.45, 2.75) is 6.54 Å². The van der Waals surface area contributed by atoms with Crippen LogP contribution in [-0.2, 0) is 11.3 Å². The molecule has 140 valence electrons. The smallest absolute Gasteiger partial charge is 0.293 e. The van der Waals surface area contributed by atoms with Gasteiger partial charge in [0.15, 0.2) is 0 Å². The number of halogens is 1. The zero-order valence-electron chi connectivity index (χ0n) is 15.0. The normalized spacial score (nSPS) is 15.6. The molecule has 6 heteroatoms. The fourth-order valence-electron chi connectivity index (χ4n) is 3.17. The summed E-state index contributed by atoms with van der Waals surface area (Å²) in [5.41, 5.74) is 1.12. The number of rotatable bonds is 4. The number of amides is 2. The first-order chi connectivity index (χ1) is 13.6. The molecule has 0 radical (unpaired) electrons. The van der Waals surface area contributed by atoms with Crippen molar-refractivity contribution < 1.29 is 18.7 Å². The number of carbonyl (C=O) groups excluding carboxylic acids is 2. The molecule has 28 heavy (non-hydrogen) atoms. The molecule has 2 amide bonds.